The molecule has 2 fully saturated rings. The number of halogens is 1. The molecule has 0 bridgehead atoms. The van der Waals surface area contributed by atoms with Gasteiger partial charge >= 0.3 is 5.97 Å². The van der Waals surface area contributed by atoms with E-state index in [0.717, 1.165) is 28.9 Å². The van der Waals surface area contributed by atoms with Gasteiger partial charge < -0.3 is 4.74 Å². The van der Waals surface area contributed by atoms with Gasteiger partial charge in [0.2, 0.25) is 0 Å². The molecule has 1 aromatic carbocycles. The van der Waals surface area contributed by atoms with E-state index >= 15 is 0 Å². The number of esters is 1. The average Bonchev–Trinajstić information content (AvgIpc) is 2.93. The molecule has 5 heteroatoms. The lowest BCUT2D eigenvalue weighted by molar-refractivity contribution is -0.143. The second-order valence-corrected chi connectivity index (χ2v) is 8.68. The Labute approximate surface area is 156 Å². The summed E-state index contributed by atoms with van der Waals surface area (Å²) < 4.78 is 18.8. The van der Waals surface area contributed by atoms with Crippen molar-refractivity contribution in [3.63, 3.8) is 0 Å². The zero-order valence-electron chi connectivity index (χ0n) is 14.8. The lowest BCUT2D eigenvalue weighted by Gasteiger charge is -2.43. The van der Waals surface area contributed by atoms with Gasteiger partial charge in [-0.1, -0.05) is 13.0 Å². The number of ether oxygens (including phenoxy) is 1. The van der Waals surface area contributed by atoms with Crippen molar-refractivity contribution >= 4 is 23.5 Å². The van der Waals surface area contributed by atoms with Crippen molar-refractivity contribution in [2.75, 3.05) is 5.75 Å². The van der Waals surface area contributed by atoms with Crippen molar-refractivity contribution in [3.05, 3.63) is 53.4 Å². The number of rotatable bonds is 3. The van der Waals surface area contributed by atoms with Crippen LogP contribution in [0, 0.1) is 23.1 Å². The van der Waals surface area contributed by atoms with Crippen molar-refractivity contribution in [1.29, 1.82) is 0 Å². The molecule has 0 amide bonds. The van der Waals surface area contributed by atoms with Crippen LogP contribution in [0.2, 0.25) is 0 Å². The van der Waals surface area contributed by atoms with Crippen molar-refractivity contribution in [3.8, 4) is 0 Å². The second-order valence-electron chi connectivity index (χ2n) is 7.59. The van der Waals surface area contributed by atoms with Crippen LogP contribution in [0.5, 0.6) is 0 Å². The summed E-state index contributed by atoms with van der Waals surface area (Å²) in [5.41, 5.74) is 1.52. The summed E-state index contributed by atoms with van der Waals surface area (Å²) >= 11 is 1.55. The standard InChI is InChI=1S/C21H21FO3S/c1-12-17(23)8-10-21(2)9-7-15-16(20(24)25-19(15)18(12)21)11-26-14-5-3-13(22)4-6-14/h3-6,8,10,15-16,19H,7,9,11H2,1-2H3/t15-,16-,19-,21-/m0/s1. The normalized spacial score (nSPS) is 33.1. The summed E-state index contributed by atoms with van der Waals surface area (Å²) in [5, 5.41) is 0. The molecule has 1 saturated heterocycles. The molecule has 2 aliphatic carbocycles. The van der Waals surface area contributed by atoms with Gasteiger partial charge in [0.05, 0.1) is 5.92 Å². The van der Waals surface area contributed by atoms with Crippen molar-refractivity contribution in [2.24, 2.45) is 17.3 Å². The molecule has 1 aromatic rings. The molecule has 1 saturated carbocycles. The number of fused-ring (bicyclic) bond motifs is 3. The first kappa shape index (κ1) is 17.5. The largest absolute Gasteiger partial charge is 0.457 e. The summed E-state index contributed by atoms with van der Waals surface area (Å²) in [6.07, 6.45) is 5.14. The molecule has 26 heavy (non-hydrogen) atoms. The van der Waals surface area contributed by atoms with Crippen molar-refractivity contribution in [2.45, 2.75) is 37.7 Å². The first-order chi connectivity index (χ1) is 12.4. The van der Waals surface area contributed by atoms with Gasteiger partial charge in [0.25, 0.3) is 0 Å². The summed E-state index contributed by atoms with van der Waals surface area (Å²) in [6.45, 7) is 3.97. The van der Waals surface area contributed by atoms with Gasteiger partial charge in [0.1, 0.15) is 11.9 Å². The fourth-order valence-electron chi connectivity index (χ4n) is 4.48. The first-order valence-corrected chi connectivity index (χ1v) is 9.91. The topological polar surface area (TPSA) is 43.4 Å². The monoisotopic (exact) mass is 372 g/mol. The van der Waals surface area contributed by atoms with Gasteiger partial charge in [0, 0.05) is 27.6 Å². The fraction of sp³-hybridized carbons (Fsp3) is 0.429. The Morgan fingerprint density at radius 2 is 2.00 bits per heavy atom. The van der Waals surface area contributed by atoms with Crippen LogP contribution in [0.4, 0.5) is 4.39 Å². The Morgan fingerprint density at radius 1 is 1.27 bits per heavy atom. The Hall–Kier alpha value is -1.88. The first-order valence-electron chi connectivity index (χ1n) is 8.93. The SMILES string of the molecule is CC1=C2[C@H]3OC(=O)[C@@H](CSc4ccc(F)cc4)[C@@H]3CC[C@@]2(C)C=CC1=O. The zero-order valence-corrected chi connectivity index (χ0v) is 15.6. The summed E-state index contributed by atoms with van der Waals surface area (Å²) in [5.74, 6) is 0.0881. The quantitative estimate of drug-likeness (QED) is 0.585. The Balaban J connectivity index is 1.56. The lowest BCUT2D eigenvalue weighted by atomic mass is 9.62. The summed E-state index contributed by atoms with van der Waals surface area (Å²) in [7, 11) is 0. The molecule has 0 spiro atoms. The Morgan fingerprint density at radius 3 is 2.73 bits per heavy atom. The van der Waals surface area contributed by atoms with E-state index in [4.69, 9.17) is 4.74 Å². The van der Waals surface area contributed by atoms with E-state index in [1.54, 1.807) is 30.0 Å². The van der Waals surface area contributed by atoms with Gasteiger partial charge in [-0.3, -0.25) is 9.59 Å². The Bertz CT molecular complexity index is 826. The van der Waals surface area contributed by atoms with E-state index < -0.39 is 0 Å². The molecule has 0 unspecified atom stereocenters. The molecule has 4 atom stereocenters. The highest BCUT2D eigenvalue weighted by Gasteiger charge is 2.54. The molecular formula is C21H21FO3S. The van der Waals surface area contributed by atoms with Crippen LogP contribution in [0.25, 0.3) is 0 Å². The number of benzene rings is 1. The molecule has 4 rings (SSSR count). The smallest absolute Gasteiger partial charge is 0.310 e. The van der Waals surface area contributed by atoms with E-state index in [1.165, 1.54) is 12.1 Å². The van der Waals surface area contributed by atoms with Crippen LogP contribution in [0.3, 0.4) is 0 Å². The number of hydrogen-bond donors (Lipinski definition) is 0. The van der Waals surface area contributed by atoms with E-state index in [1.807, 2.05) is 13.0 Å². The van der Waals surface area contributed by atoms with Crippen LogP contribution in [0.1, 0.15) is 26.7 Å². The molecule has 0 aromatic heterocycles. The maximum Gasteiger partial charge on any atom is 0.310 e. The van der Waals surface area contributed by atoms with Gasteiger partial charge in [-0.05, 0) is 55.7 Å². The molecule has 3 aliphatic rings. The van der Waals surface area contributed by atoms with Crippen LogP contribution in [-0.2, 0) is 14.3 Å². The highest BCUT2D eigenvalue weighted by atomic mass is 32.2. The van der Waals surface area contributed by atoms with Crippen LogP contribution in [0.15, 0.2) is 52.5 Å². The third-order valence-corrected chi connectivity index (χ3v) is 7.10. The maximum atomic E-state index is 13.1. The van der Waals surface area contributed by atoms with Crippen molar-refractivity contribution in [1.82, 2.24) is 0 Å². The summed E-state index contributed by atoms with van der Waals surface area (Å²) in [4.78, 5) is 25.7. The predicted molar refractivity (Wildman–Crippen MR) is 98.2 cm³/mol. The highest BCUT2D eigenvalue weighted by molar-refractivity contribution is 7.99. The minimum atomic E-state index is -0.297. The van der Waals surface area contributed by atoms with Crippen molar-refractivity contribution < 1.29 is 18.7 Å². The predicted octanol–water partition coefficient (Wildman–Crippen LogP) is 4.33. The molecule has 3 nitrogen and oxygen atoms in total. The number of ketones is 1. The van der Waals surface area contributed by atoms with Gasteiger partial charge in [-0.15, -0.1) is 11.8 Å². The van der Waals surface area contributed by atoms with Crippen LogP contribution in [-0.4, -0.2) is 23.6 Å². The van der Waals surface area contributed by atoms with E-state index in [2.05, 4.69) is 6.92 Å². The van der Waals surface area contributed by atoms with Crippen LogP contribution < -0.4 is 0 Å². The van der Waals surface area contributed by atoms with E-state index in [9.17, 15) is 14.0 Å². The Kier molecular flexibility index (Phi) is 4.30. The molecular weight excluding hydrogens is 351 g/mol. The second kappa shape index (κ2) is 6.38. The van der Waals surface area contributed by atoms with Gasteiger partial charge in [0.15, 0.2) is 5.78 Å². The lowest BCUT2D eigenvalue weighted by Crippen LogP contribution is -2.40. The molecule has 1 heterocycles. The minimum absolute atomic E-state index is 0.0123. The van der Waals surface area contributed by atoms with E-state index in [0.29, 0.717) is 5.75 Å². The third kappa shape index (κ3) is 2.82. The average molecular weight is 372 g/mol. The fourth-order valence-corrected chi connectivity index (χ4v) is 5.56. The number of thioether (sulfide) groups is 1. The minimum Gasteiger partial charge on any atom is -0.457 e. The number of carbonyl (C=O) groups is 2. The number of hydrogen-bond acceptors (Lipinski definition) is 4. The van der Waals surface area contributed by atoms with Crippen LogP contribution >= 0.6 is 11.8 Å². The molecule has 0 radical (unpaired) electrons. The maximum absolute atomic E-state index is 13.1. The third-order valence-electron chi connectivity index (χ3n) is 5.97. The molecule has 136 valence electrons. The zero-order chi connectivity index (χ0) is 18.5. The number of allylic oxidation sites excluding steroid dienone is 3. The highest BCUT2D eigenvalue weighted by Crippen LogP contribution is 2.53. The summed E-state index contributed by atoms with van der Waals surface area (Å²) in [6, 6.07) is 6.32. The number of carbonyl (C=O) groups excluding carboxylic acids is 2. The van der Waals surface area contributed by atoms with Gasteiger partial charge in [-0.2, -0.15) is 0 Å². The van der Waals surface area contributed by atoms with E-state index in [-0.39, 0.29) is 40.9 Å². The molecule has 1 aliphatic heterocycles. The molecule has 0 N–H and O–H groups in total. The van der Waals surface area contributed by atoms with Gasteiger partial charge in [-0.25, -0.2) is 4.39 Å².